The van der Waals surface area contributed by atoms with E-state index in [4.69, 9.17) is 14.3 Å². The van der Waals surface area contributed by atoms with E-state index in [0.29, 0.717) is 17.9 Å². The number of likely N-dealkylation sites (N-methyl/N-ethyl adjacent to an activating group) is 1. The molecule has 0 aliphatic carbocycles. The first-order chi connectivity index (χ1) is 9.04. The predicted molar refractivity (Wildman–Crippen MR) is 71.5 cm³/mol. The Labute approximate surface area is 113 Å². The highest BCUT2D eigenvalue weighted by Gasteiger charge is 2.13. The molecule has 2 N–H and O–H groups in total. The predicted octanol–water partition coefficient (Wildman–Crippen LogP) is 0.954. The second-order valence-corrected chi connectivity index (χ2v) is 4.50. The molecule has 1 aromatic rings. The van der Waals surface area contributed by atoms with E-state index in [-0.39, 0.29) is 5.76 Å². The lowest BCUT2D eigenvalue weighted by atomic mass is 10.2. The van der Waals surface area contributed by atoms with Crippen molar-refractivity contribution in [1.29, 1.82) is 0 Å². The fraction of sp³-hybridized carbons (Fsp3) is 0.615. The van der Waals surface area contributed by atoms with Gasteiger partial charge in [-0.3, -0.25) is 0 Å². The van der Waals surface area contributed by atoms with Gasteiger partial charge >= 0.3 is 5.97 Å². The van der Waals surface area contributed by atoms with Crippen molar-refractivity contribution >= 4 is 5.97 Å². The summed E-state index contributed by atoms with van der Waals surface area (Å²) in [6.45, 7) is 5.58. The van der Waals surface area contributed by atoms with Crippen LogP contribution in [0.2, 0.25) is 0 Å². The smallest absolute Gasteiger partial charge is 0.372 e. The molecule has 0 radical (unpaired) electrons. The Bertz CT molecular complexity index is 403. The van der Waals surface area contributed by atoms with Crippen molar-refractivity contribution in [2.75, 3.05) is 40.4 Å². The Morgan fingerprint density at radius 1 is 1.53 bits per heavy atom. The molecule has 0 atom stereocenters. The molecule has 6 heteroatoms. The molecule has 19 heavy (non-hydrogen) atoms. The van der Waals surface area contributed by atoms with E-state index in [1.807, 2.05) is 7.05 Å². The molecule has 0 bridgehead atoms. The van der Waals surface area contributed by atoms with Gasteiger partial charge in [-0.25, -0.2) is 4.79 Å². The minimum absolute atomic E-state index is 0.0222. The summed E-state index contributed by atoms with van der Waals surface area (Å²) in [5.41, 5.74) is 0.654. The van der Waals surface area contributed by atoms with Gasteiger partial charge in [0, 0.05) is 32.3 Å². The molecule has 6 nitrogen and oxygen atoms in total. The monoisotopic (exact) mass is 270 g/mol. The molecule has 1 heterocycles. The van der Waals surface area contributed by atoms with Gasteiger partial charge in [-0.1, -0.05) is 0 Å². The summed E-state index contributed by atoms with van der Waals surface area (Å²) in [5, 5.41) is 12.1. The van der Waals surface area contributed by atoms with E-state index in [0.717, 1.165) is 26.2 Å². The highest BCUT2D eigenvalue weighted by atomic mass is 16.5. The van der Waals surface area contributed by atoms with Crippen LogP contribution in [-0.4, -0.2) is 56.4 Å². The zero-order valence-corrected chi connectivity index (χ0v) is 11.7. The van der Waals surface area contributed by atoms with Gasteiger partial charge in [0.1, 0.15) is 5.76 Å². The summed E-state index contributed by atoms with van der Waals surface area (Å²) in [7, 11) is 3.71. The lowest BCUT2D eigenvalue weighted by Crippen LogP contribution is -2.31. The number of carboxylic acid groups (broad SMARTS) is 1. The van der Waals surface area contributed by atoms with E-state index in [1.54, 1.807) is 20.1 Å². The average molecular weight is 270 g/mol. The first kappa shape index (κ1) is 15.7. The Kier molecular flexibility index (Phi) is 6.55. The summed E-state index contributed by atoms with van der Waals surface area (Å²) >= 11 is 0. The lowest BCUT2D eigenvalue weighted by molar-refractivity contribution is 0.0659. The van der Waals surface area contributed by atoms with Crippen LogP contribution in [0.1, 0.15) is 21.9 Å². The molecular weight excluding hydrogens is 248 g/mol. The highest BCUT2D eigenvalue weighted by Crippen LogP contribution is 2.14. The molecule has 0 spiro atoms. The van der Waals surface area contributed by atoms with Gasteiger partial charge in [-0.15, -0.1) is 0 Å². The van der Waals surface area contributed by atoms with Gasteiger partial charge in [0.25, 0.3) is 0 Å². The van der Waals surface area contributed by atoms with E-state index < -0.39 is 5.97 Å². The molecule has 0 saturated carbocycles. The van der Waals surface area contributed by atoms with Crippen LogP contribution in [0.25, 0.3) is 0 Å². The maximum Gasteiger partial charge on any atom is 0.372 e. The third-order valence-corrected chi connectivity index (χ3v) is 2.81. The molecule has 0 amide bonds. The molecule has 0 aliphatic heterocycles. The van der Waals surface area contributed by atoms with E-state index in [9.17, 15) is 4.79 Å². The number of rotatable bonds is 9. The third-order valence-electron chi connectivity index (χ3n) is 2.81. The first-order valence-electron chi connectivity index (χ1n) is 6.25. The zero-order valence-electron chi connectivity index (χ0n) is 11.7. The van der Waals surface area contributed by atoms with Gasteiger partial charge < -0.3 is 24.5 Å². The molecule has 0 unspecified atom stereocenters. The van der Waals surface area contributed by atoms with Crippen molar-refractivity contribution in [3.63, 3.8) is 0 Å². The maximum atomic E-state index is 10.8. The normalized spacial score (nSPS) is 11.2. The zero-order chi connectivity index (χ0) is 14.3. The number of nitrogens with one attached hydrogen (secondary N) is 1. The average Bonchev–Trinajstić information content (AvgIpc) is 2.73. The third kappa shape index (κ3) is 5.42. The Balaban J connectivity index is 2.26. The molecule has 108 valence electrons. The van der Waals surface area contributed by atoms with Crippen molar-refractivity contribution < 1.29 is 19.1 Å². The number of methoxy groups -OCH3 is 1. The van der Waals surface area contributed by atoms with Crippen LogP contribution < -0.4 is 5.32 Å². The van der Waals surface area contributed by atoms with Gasteiger partial charge in [-0.05, 0) is 20.0 Å². The number of furan rings is 1. The van der Waals surface area contributed by atoms with Crippen molar-refractivity contribution in [1.82, 2.24) is 10.2 Å². The van der Waals surface area contributed by atoms with E-state index in [1.165, 1.54) is 0 Å². The first-order valence-corrected chi connectivity index (χ1v) is 6.25. The van der Waals surface area contributed by atoms with Crippen molar-refractivity contribution in [3.8, 4) is 0 Å². The second kappa shape index (κ2) is 7.93. The Morgan fingerprint density at radius 2 is 2.26 bits per heavy atom. The number of hydrogen-bond donors (Lipinski definition) is 2. The van der Waals surface area contributed by atoms with Crippen molar-refractivity contribution in [2.45, 2.75) is 13.5 Å². The lowest BCUT2D eigenvalue weighted by Gasteiger charge is -2.15. The van der Waals surface area contributed by atoms with Gasteiger partial charge in [0.15, 0.2) is 0 Å². The van der Waals surface area contributed by atoms with Crippen LogP contribution >= 0.6 is 0 Å². The van der Waals surface area contributed by atoms with Gasteiger partial charge in [0.2, 0.25) is 5.76 Å². The van der Waals surface area contributed by atoms with Gasteiger partial charge in [0.05, 0.1) is 13.2 Å². The number of carboxylic acids is 1. The molecular formula is C13H22N2O4. The van der Waals surface area contributed by atoms with Crippen LogP contribution in [-0.2, 0) is 11.3 Å². The van der Waals surface area contributed by atoms with E-state index in [2.05, 4.69) is 10.2 Å². The van der Waals surface area contributed by atoms with Crippen LogP contribution in [0.3, 0.4) is 0 Å². The van der Waals surface area contributed by atoms with Gasteiger partial charge in [-0.2, -0.15) is 0 Å². The topological polar surface area (TPSA) is 74.9 Å². The fourth-order valence-electron chi connectivity index (χ4n) is 1.69. The van der Waals surface area contributed by atoms with Crippen LogP contribution in [0.5, 0.6) is 0 Å². The number of nitrogens with zero attached hydrogens (tertiary/aromatic N) is 1. The van der Waals surface area contributed by atoms with Crippen LogP contribution in [0, 0.1) is 6.92 Å². The SMILES string of the molecule is COCCN(C)CCNCc1cc(C)c(C(=O)O)o1. The minimum atomic E-state index is -1.02. The van der Waals surface area contributed by atoms with Crippen molar-refractivity contribution in [3.05, 3.63) is 23.2 Å². The van der Waals surface area contributed by atoms with Crippen molar-refractivity contribution in [2.24, 2.45) is 0 Å². The molecule has 0 aliphatic rings. The maximum absolute atomic E-state index is 10.8. The molecule has 0 aromatic carbocycles. The number of carbonyl (C=O) groups is 1. The summed E-state index contributed by atoms with van der Waals surface area (Å²) in [5.74, 6) is -0.355. The standard InChI is InChI=1S/C13H22N2O4/c1-10-8-11(19-12(10)13(16)17)9-14-4-5-15(2)6-7-18-3/h8,14H,4-7,9H2,1-3H3,(H,16,17). The molecule has 0 fully saturated rings. The number of hydrogen-bond acceptors (Lipinski definition) is 5. The number of ether oxygens (including phenoxy) is 1. The van der Waals surface area contributed by atoms with Crippen LogP contribution in [0.4, 0.5) is 0 Å². The van der Waals surface area contributed by atoms with E-state index >= 15 is 0 Å². The Hall–Kier alpha value is -1.37. The second-order valence-electron chi connectivity index (χ2n) is 4.50. The largest absolute Gasteiger partial charge is 0.475 e. The summed E-state index contributed by atoms with van der Waals surface area (Å²) in [4.78, 5) is 13.0. The highest BCUT2D eigenvalue weighted by molar-refractivity contribution is 5.86. The number of aromatic carboxylic acids is 1. The molecule has 0 saturated heterocycles. The number of aryl methyl sites for hydroxylation is 1. The summed E-state index contributed by atoms with van der Waals surface area (Å²) in [6.07, 6.45) is 0. The Morgan fingerprint density at radius 3 is 2.84 bits per heavy atom. The summed E-state index contributed by atoms with van der Waals surface area (Å²) in [6, 6.07) is 1.76. The molecule has 1 aromatic heterocycles. The minimum Gasteiger partial charge on any atom is -0.475 e. The fourth-order valence-corrected chi connectivity index (χ4v) is 1.69. The summed E-state index contributed by atoms with van der Waals surface area (Å²) < 4.78 is 10.2. The van der Waals surface area contributed by atoms with Crippen LogP contribution in [0.15, 0.2) is 10.5 Å². The molecule has 1 rings (SSSR count). The quantitative estimate of drug-likeness (QED) is 0.651.